The zero-order valence-electron chi connectivity index (χ0n) is 7.45. The van der Waals surface area contributed by atoms with Crippen LogP contribution in [-0.2, 0) is 0 Å². The molecule has 2 heterocycles. The van der Waals surface area contributed by atoms with Gasteiger partial charge in [0.25, 0.3) is 0 Å². The van der Waals surface area contributed by atoms with Gasteiger partial charge in [0, 0.05) is 12.3 Å². The topological polar surface area (TPSA) is 15.6 Å². The number of aliphatic imine (C=N–C) groups is 1. The van der Waals surface area contributed by atoms with Crippen LogP contribution in [0.5, 0.6) is 0 Å². The van der Waals surface area contributed by atoms with Crippen molar-refractivity contribution in [3.63, 3.8) is 0 Å². The van der Waals surface area contributed by atoms with Gasteiger partial charge in [-0.2, -0.15) is 0 Å². The summed E-state index contributed by atoms with van der Waals surface area (Å²) < 4.78 is 0. The Morgan fingerprint density at radius 3 is 2.67 bits per heavy atom. The minimum atomic E-state index is 0.593. The highest BCUT2D eigenvalue weighted by molar-refractivity contribution is 5.72. The van der Waals surface area contributed by atoms with Crippen LogP contribution in [0.1, 0.15) is 19.3 Å². The highest BCUT2D eigenvalue weighted by Crippen LogP contribution is 2.14. The SMILES string of the molecule is C1=CC(N2CCCCC2)CN=C1. The largest absolute Gasteiger partial charge is 0.295 e. The smallest absolute Gasteiger partial charge is 0.0581 e. The first-order valence-electron chi connectivity index (χ1n) is 4.87. The Labute approximate surface area is 74.0 Å². The molecule has 0 aliphatic carbocycles. The van der Waals surface area contributed by atoms with E-state index in [1.165, 1.54) is 32.4 Å². The summed E-state index contributed by atoms with van der Waals surface area (Å²) >= 11 is 0. The fourth-order valence-electron chi connectivity index (χ4n) is 1.96. The predicted octanol–water partition coefficient (Wildman–Crippen LogP) is 1.48. The van der Waals surface area contributed by atoms with E-state index in [2.05, 4.69) is 22.0 Å². The molecule has 1 unspecified atom stereocenters. The van der Waals surface area contributed by atoms with Crippen molar-refractivity contribution in [1.82, 2.24) is 4.90 Å². The molecule has 66 valence electrons. The van der Waals surface area contributed by atoms with Gasteiger partial charge in [-0.1, -0.05) is 12.5 Å². The molecule has 0 N–H and O–H groups in total. The van der Waals surface area contributed by atoms with Crippen LogP contribution in [0.15, 0.2) is 17.1 Å². The van der Waals surface area contributed by atoms with Crippen LogP contribution >= 0.6 is 0 Å². The fourth-order valence-corrected chi connectivity index (χ4v) is 1.96. The first-order chi connectivity index (χ1) is 5.97. The fraction of sp³-hybridized carbons (Fsp3) is 0.700. The second-order valence-corrected chi connectivity index (χ2v) is 3.56. The van der Waals surface area contributed by atoms with Gasteiger partial charge < -0.3 is 0 Å². The first kappa shape index (κ1) is 7.99. The van der Waals surface area contributed by atoms with E-state index in [0.717, 1.165) is 6.54 Å². The summed E-state index contributed by atoms with van der Waals surface area (Å²) in [5, 5.41) is 0. The van der Waals surface area contributed by atoms with Crippen LogP contribution in [0.4, 0.5) is 0 Å². The lowest BCUT2D eigenvalue weighted by Crippen LogP contribution is -2.40. The Hall–Kier alpha value is -0.630. The first-order valence-corrected chi connectivity index (χ1v) is 4.87. The summed E-state index contributed by atoms with van der Waals surface area (Å²) in [5.74, 6) is 0. The monoisotopic (exact) mass is 164 g/mol. The van der Waals surface area contributed by atoms with E-state index < -0.39 is 0 Å². The highest BCUT2D eigenvalue weighted by atomic mass is 15.2. The summed E-state index contributed by atoms with van der Waals surface area (Å²) in [4.78, 5) is 6.83. The third kappa shape index (κ3) is 1.75. The van der Waals surface area contributed by atoms with Crippen LogP contribution in [0.3, 0.4) is 0 Å². The van der Waals surface area contributed by atoms with E-state index in [9.17, 15) is 0 Å². The summed E-state index contributed by atoms with van der Waals surface area (Å²) in [6, 6.07) is 0.593. The van der Waals surface area contributed by atoms with Crippen molar-refractivity contribution < 1.29 is 0 Å². The molecule has 2 nitrogen and oxygen atoms in total. The molecule has 1 saturated heterocycles. The average Bonchev–Trinajstić information content (AvgIpc) is 2.21. The maximum Gasteiger partial charge on any atom is 0.0581 e. The molecule has 0 spiro atoms. The van der Waals surface area contributed by atoms with Crippen molar-refractivity contribution in [2.45, 2.75) is 25.3 Å². The van der Waals surface area contributed by atoms with Crippen molar-refractivity contribution in [2.75, 3.05) is 19.6 Å². The lowest BCUT2D eigenvalue weighted by Gasteiger charge is -2.32. The number of likely N-dealkylation sites (tertiary alicyclic amines) is 1. The zero-order chi connectivity index (χ0) is 8.23. The maximum absolute atomic E-state index is 4.28. The number of hydrogen-bond acceptors (Lipinski definition) is 2. The number of hydrogen-bond donors (Lipinski definition) is 0. The van der Waals surface area contributed by atoms with E-state index in [1.54, 1.807) is 0 Å². The Morgan fingerprint density at radius 2 is 2.00 bits per heavy atom. The van der Waals surface area contributed by atoms with E-state index in [0.29, 0.717) is 6.04 Å². The minimum Gasteiger partial charge on any atom is -0.295 e. The summed E-state index contributed by atoms with van der Waals surface area (Å²) in [6.45, 7) is 3.51. The standard InChI is InChI=1S/C10H16N2/c1-2-7-12(8-3-1)10-5-4-6-11-9-10/h4-6,10H,1-3,7-9H2. The summed E-state index contributed by atoms with van der Waals surface area (Å²) in [7, 11) is 0. The lowest BCUT2D eigenvalue weighted by atomic mass is 10.1. The molecular weight excluding hydrogens is 148 g/mol. The molecule has 2 heteroatoms. The Kier molecular flexibility index (Phi) is 2.57. The van der Waals surface area contributed by atoms with Gasteiger partial charge in [-0.25, -0.2) is 0 Å². The molecule has 0 saturated carbocycles. The van der Waals surface area contributed by atoms with E-state index in [-0.39, 0.29) is 0 Å². The summed E-state index contributed by atoms with van der Waals surface area (Å²) in [6.07, 6.45) is 10.4. The average molecular weight is 164 g/mol. The van der Waals surface area contributed by atoms with E-state index >= 15 is 0 Å². The molecule has 0 aromatic rings. The van der Waals surface area contributed by atoms with Gasteiger partial charge in [-0.15, -0.1) is 0 Å². The lowest BCUT2D eigenvalue weighted by molar-refractivity contribution is 0.194. The van der Waals surface area contributed by atoms with E-state index in [1.807, 2.05) is 6.21 Å². The third-order valence-corrected chi connectivity index (χ3v) is 2.68. The number of dihydropyridines is 1. The van der Waals surface area contributed by atoms with Gasteiger partial charge in [0.1, 0.15) is 0 Å². The molecule has 2 aliphatic rings. The van der Waals surface area contributed by atoms with Gasteiger partial charge in [0.2, 0.25) is 0 Å². The van der Waals surface area contributed by atoms with Crippen LogP contribution in [0.2, 0.25) is 0 Å². The Bertz CT molecular complexity index is 190. The third-order valence-electron chi connectivity index (χ3n) is 2.68. The maximum atomic E-state index is 4.28. The molecule has 12 heavy (non-hydrogen) atoms. The highest BCUT2D eigenvalue weighted by Gasteiger charge is 2.18. The number of rotatable bonds is 1. The quantitative estimate of drug-likeness (QED) is 0.573. The second-order valence-electron chi connectivity index (χ2n) is 3.56. The van der Waals surface area contributed by atoms with Gasteiger partial charge in [-0.05, 0) is 32.0 Å². The number of piperidine rings is 1. The number of allylic oxidation sites excluding steroid dienone is 1. The Morgan fingerprint density at radius 1 is 1.17 bits per heavy atom. The number of nitrogens with zero attached hydrogens (tertiary/aromatic N) is 2. The van der Waals surface area contributed by atoms with Gasteiger partial charge in [-0.3, -0.25) is 9.89 Å². The molecule has 1 atom stereocenters. The van der Waals surface area contributed by atoms with Crippen LogP contribution in [-0.4, -0.2) is 36.8 Å². The summed E-state index contributed by atoms with van der Waals surface area (Å²) in [5.41, 5.74) is 0. The molecule has 0 aromatic carbocycles. The molecule has 2 aliphatic heterocycles. The van der Waals surface area contributed by atoms with Crippen molar-refractivity contribution in [3.05, 3.63) is 12.2 Å². The second kappa shape index (κ2) is 3.85. The van der Waals surface area contributed by atoms with Crippen molar-refractivity contribution in [1.29, 1.82) is 0 Å². The predicted molar refractivity (Wildman–Crippen MR) is 51.7 cm³/mol. The van der Waals surface area contributed by atoms with Crippen molar-refractivity contribution in [2.24, 2.45) is 4.99 Å². The van der Waals surface area contributed by atoms with Crippen molar-refractivity contribution >= 4 is 6.21 Å². The van der Waals surface area contributed by atoms with Crippen LogP contribution < -0.4 is 0 Å². The van der Waals surface area contributed by atoms with Gasteiger partial charge in [0.15, 0.2) is 0 Å². The van der Waals surface area contributed by atoms with Gasteiger partial charge >= 0.3 is 0 Å². The Balaban J connectivity index is 1.90. The van der Waals surface area contributed by atoms with Crippen LogP contribution in [0.25, 0.3) is 0 Å². The molecule has 1 fully saturated rings. The normalized spacial score (nSPS) is 30.8. The van der Waals surface area contributed by atoms with Gasteiger partial charge in [0.05, 0.1) is 6.54 Å². The van der Waals surface area contributed by atoms with E-state index in [4.69, 9.17) is 0 Å². The van der Waals surface area contributed by atoms with Crippen LogP contribution in [0, 0.1) is 0 Å². The molecule has 2 rings (SSSR count). The zero-order valence-corrected chi connectivity index (χ0v) is 7.45. The minimum absolute atomic E-state index is 0.593. The van der Waals surface area contributed by atoms with Crippen molar-refractivity contribution in [3.8, 4) is 0 Å². The molecular formula is C10H16N2. The molecule has 0 amide bonds. The molecule has 0 radical (unpaired) electrons. The molecule has 0 bridgehead atoms. The molecule has 0 aromatic heterocycles.